The van der Waals surface area contributed by atoms with E-state index in [4.69, 9.17) is 21.1 Å². The van der Waals surface area contributed by atoms with Gasteiger partial charge in [-0.1, -0.05) is 42.8 Å². The Morgan fingerprint density at radius 2 is 1.92 bits per heavy atom. The van der Waals surface area contributed by atoms with Crippen molar-refractivity contribution < 1.29 is 14.3 Å². The molecule has 122 valence electrons. The third-order valence-electron chi connectivity index (χ3n) is 3.04. The summed E-state index contributed by atoms with van der Waals surface area (Å²) in [5.74, 6) is 0.205. The van der Waals surface area contributed by atoms with Crippen molar-refractivity contribution in [3.63, 3.8) is 0 Å². The van der Waals surface area contributed by atoms with E-state index in [-0.39, 0.29) is 11.3 Å². The number of rotatable bonds is 6. The third kappa shape index (κ3) is 4.87. The predicted molar refractivity (Wildman–Crippen MR) is 92.9 cm³/mol. The fraction of sp³-hybridized carbons (Fsp3) is 0.158. The Kier molecular flexibility index (Phi) is 6.41. The Hall–Kier alpha value is -2.77. The monoisotopic (exact) mass is 341 g/mol. The van der Waals surface area contributed by atoms with Gasteiger partial charge in [0, 0.05) is 0 Å². The first-order chi connectivity index (χ1) is 11.6. The van der Waals surface area contributed by atoms with Crippen molar-refractivity contribution in [3.8, 4) is 17.6 Å². The zero-order valence-corrected chi connectivity index (χ0v) is 13.9. The average Bonchev–Trinajstić information content (AvgIpc) is 2.60. The average molecular weight is 342 g/mol. The van der Waals surface area contributed by atoms with E-state index in [0.29, 0.717) is 17.2 Å². The van der Waals surface area contributed by atoms with Crippen LogP contribution >= 0.6 is 11.6 Å². The molecule has 2 aromatic rings. The van der Waals surface area contributed by atoms with Gasteiger partial charge >= 0.3 is 5.97 Å². The summed E-state index contributed by atoms with van der Waals surface area (Å²) in [6.45, 7) is 2.67. The molecule has 0 atom stereocenters. The summed E-state index contributed by atoms with van der Waals surface area (Å²) in [5, 5.41) is 9.51. The van der Waals surface area contributed by atoms with Gasteiger partial charge in [-0.2, -0.15) is 5.26 Å². The van der Waals surface area contributed by atoms with Gasteiger partial charge in [-0.25, -0.2) is 4.79 Å². The lowest BCUT2D eigenvalue weighted by atomic mass is 10.1. The van der Waals surface area contributed by atoms with Gasteiger partial charge in [0.15, 0.2) is 0 Å². The largest absolute Gasteiger partial charge is 0.494 e. The Bertz CT molecular complexity index is 776. The number of benzene rings is 2. The standard InChI is InChI=1S/C19H16ClNO3/c1-2-11-23-16-9-7-14(8-10-16)12-15(13-21)19(22)24-18-6-4-3-5-17(18)20/h3-10,12H,2,11H2,1H3/b15-12+. The molecule has 0 fully saturated rings. The number of hydrogen-bond donors (Lipinski definition) is 0. The first kappa shape index (κ1) is 17.6. The molecule has 24 heavy (non-hydrogen) atoms. The number of carbonyl (C=O) groups excluding carboxylic acids is 1. The van der Waals surface area contributed by atoms with Crippen molar-refractivity contribution >= 4 is 23.6 Å². The summed E-state index contributed by atoms with van der Waals surface area (Å²) in [4.78, 5) is 12.1. The number of carbonyl (C=O) groups is 1. The summed E-state index contributed by atoms with van der Waals surface area (Å²) < 4.78 is 10.6. The van der Waals surface area contributed by atoms with Crippen LogP contribution in [0.4, 0.5) is 0 Å². The van der Waals surface area contributed by atoms with Crippen LogP contribution in [0.2, 0.25) is 5.02 Å². The smallest absolute Gasteiger partial charge is 0.354 e. The molecule has 0 aliphatic heterocycles. The summed E-state index contributed by atoms with van der Waals surface area (Å²) >= 11 is 5.94. The fourth-order valence-corrected chi connectivity index (χ4v) is 2.04. The van der Waals surface area contributed by atoms with Gasteiger partial charge in [-0.3, -0.25) is 0 Å². The lowest BCUT2D eigenvalue weighted by Crippen LogP contribution is -2.10. The maximum absolute atomic E-state index is 12.1. The zero-order valence-electron chi connectivity index (χ0n) is 13.2. The van der Waals surface area contributed by atoms with Crippen LogP contribution in [0.1, 0.15) is 18.9 Å². The van der Waals surface area contributed by atoms with Crippen molar-refractivity contribution in [2.45, 2.75) is 13.3 Å². The molecule has 0 amide bonds. The summed E-state index contributed by atoms with van der Waals surface area (Å²) in [6, 6.07) is 15.6. The first-order valence-electron chi connectivity index (χ1n) is 7.45. The highest BCUT2D eigenvalue weighted by atomic mass is 35.5. The van der Waals surface area contributed by atoms with Crippen LogP contribution in [-0.4, -0.2) is 12.6 Å². The Morgan fingerprint density at radius 1 is 1.21 bits per heavy atom. The van der Waals surface area contributed by atoms with Gasteiger partial charge in [-0.05, 0) is 42.3 Å². The van der Waals surface area contributed by atoms with Gasteiger partial charge in [0.05, 0.1) is 11.6 Å². The molecule has 0 spiro atoms. The normalized spacial score (nSPS) is 10.8. The number of ether oxygens (including phenoxy) is 2. The van der Waals surface area contributed by atoms with Gasteiger partial charge in [0.1, 0.15) is 23.1 Å². The molecular weight excluding hydrogens is 326 g/mol. The topological polar surface area (TPSA) is 59.3 Å². The van der Waals surface area contributed by atoms with Gasteiger partial charge in [0.25, 0.3) is 0 Å². The van der Waals surface area contributed by atoms with Crippen molar-refractivity contribution in [2.24, 2.45) is 0 Å². The molecule has 0 aliphatic carbocycles. The van der Waals surface area contributed by atoms with Gasteiger partial charge in [-0.15, -0.1) is 0 Å². The molecule has 0 aromatic heterocycles. The number of nitrogens with zero attached hydrogens (tertiary/aromatic N) is 1. The molecular formula is C19H16ClNO3. The van der Waals surface area contributed by atoms with Crippen LogP contribution in [0.15, 0.2) is 54.1 Å². The number of esters is 1. The van der Waals surface area contributed by atoms with E-state index in [9.17, 15) is 10.1 Å². The van der Waals surface area contributed by atoms with Crippen molar-refractivity contribution in [2.75, 3.05) is 6.61 Å². The van der Waals surface area contributed by atoms with Crippen LogP contribution in [0.3, 0.4) is 0 Å². The summed E-state index contributed by atoms with van der Waals surface area (Å²) in [6.07, 6.45) is 2.39. The minimum absolute atomic E-state index is 0.114. The van der Waals surface area contributed by atoms with Crippen molar-refractivity contribution in [1.82, 2.24) is 0 Å². The van der Waals surface area contributed by atoms with E-state index in [1.807, 2.05) is 13.0 Å². The molecule has 0 radical (unpaired) electrons. The zero-order chi connectivity index (χ0) is 17.4. The molecule has 5 heteroatoms. The quantitative estimate of drug-likeness (QED) is 0.332. The van der Waals surface area contributed by atoms with Crippen LogP contribution in [0.25, 0.3) is 6.08 Å². The molecule has 0 aliphatic rings. The van der Waals surface area contributed by atoms with E-state index in [1.165, 1.54) is 6.08 Å². The van der Waals surface area contributed by atoms with Crippen molar-refractivity contribution in [1.29, 1.82) is 5.26 Å². The SMILES string of the molecule is CCCOc1ccc(/C=C(\C#N)C(=O)Oc2ccccc2Cl)cc1. The number of hydrogen-bond acceptors (Lipinski definition) is 4. The third-order valence-corrected chi connectivity index (χ3v) is 3.36. The van der Waals surface area contributed by atoms with Gasteiger partial charge < -0.3 is 9.47 Å². The molecule has 2 aromatic carbocycles. The molecule has 0 unspecified atom stereocenters. The van der Waals surface area contributed by atoms with E-state index < -0.39 is 5.97 Å². The van der Waals surface area contributed by atoms with E-state index in [2.05, 4.69) is 0 Å². The van der Waals surface area contributed by atoms with Crippen LogP contribution in [-0.2, 0) is 4.79 Å². The second-order valence-electron chi connectivity index (χ2n) is 4.91. The van der Waals surface area contributed by atoms with Crippen LogP contribution in [0.5, 0.6) is 11.5 Å². The second kappa shape index (κ2) is 8.76. The molecule has 4 nitrogen and oxygen atoms in total. The summed E-state index contributed by atoms with van der Waals surface area (Å²) in [5.41, 5.74) is 0.587. The number of halogens is 1. The predicted octanol–water partition coefficient (Wildman–Crippen LogP) is 4.64. The van der Waals surface area contributed by atoms with E-state index in [1.54, 1.807) is 48.5 Å². The molecule has 0 saturated carbocycles. The molecule has 0 N–H and O–H groups in total. The number of para-hydroxylation sites is 1. The Labute approximate surface area is 145 Å². The Morgan fingerprint density at radius 3 is 2.54 bits per heavy atom. The summed E-state index contributed by atoms with van der Waals surface area (Å²) in [7, 11) is 0. The highest BCUT2D eigenvalue weighted by Gasteiger charge is 2.13. The number of nitriles is 1. The molecule has 0 bridgehead atoms. The first-order valence-corrected chi connectivity index (χ1v) is 7.83. The van der Waals surface area contributed by atoms with E-state index >= 15 is 0 Å². The maximum Gasteiger partial charge on any atom is 0.354 e. The lowest BCUT2D eigenvalue weighted by Gasteiger charge is -2.06. The van der Waals surface area contributed by atoms with Crippen LogP contribution in [0, 0.1) is 11.3 Å². The molecule has 2 rings (SSSR count). The highest BCUT2D eigenvalue weighted by Crippen LogP contribution is 2.24. The van der Waals surface area contributed by atoms with E-state index in [0.717, 1.165) is 12.2 Å². The Balaban J connectivity index is 2.12. The minimum atomic E-state index is -0.753. The minimum Gasteiger partial charge on any atom is -0.494 e. The van der Waals surface area contributed by atoms with Crippen molar-refractivity contribution in [3.05, 3.63) is 64.7 Å². The van der Waals surface area contributed by atoms with Crippen LogP contribution < -0.4 is 9.47 Å². The fourth-order valence-electron chi connectivity index (χ4n) is 1.87. The highest BCUT2D eigenvalue weighted by molar-refractivity contribution is 6.32. The molecule has 0 saturated heterocycles. The second-order valence-corrected chi connectivity index (χ2v) is 5.31. The lowest BCUT2D eigenvalue weighted by molar-refractivity contribution is -0.129. The van der Waals surface area contributed by atoms with Gasteiger partial charge in [0.2, 0.25) is 0 Å². The molecule has 0 heterocycles. The maximum atomic E-state index is 12.1.